The van der Waals surface area contributed by atoms with E-state index in [-0.39, 0.29) is 0 Å². The normalized spacial score (nSPS) is 10.6. The largest absolute Gasteiger partial charge is 0.362 e. The van der Waals surface area contributed by atoms with E-state index in [1.165, 1.54) is 5.56 Å². The molecule has 112 valence electrons. The van der Waals surface area contributed by atoms with Crippen molar-refractivity contribution in [2.24, 2.45) is 0 Å². The van der Waals surface area contributed by atoms with E-state index in [1.807, 2.05) is 30.6 Å². The van der Waals surface area contributed by atoms with Crippen molar-refractivity contribution < 1.29 is 0 Å². The first kappa shape index (κ1) is 14.7. The van der Waals surface area contributed by atoms with E-state index in [1.54, 1.807) is 11.3 Å². The van der Waals surface area contributed by atoms with E-state index in [0.29, 0.717) is 0 Å². The summed E-state index contributed by atoms with van der Waals surface area (Å²) in [6.07, 6.45) is 4.76. The Kier molecular flexibility index (Phi) is 4.44. The highest BCUT2D eigenvalue weighted by Crippen LogP contribution is 2.29. The van der Waals surface area contributed by atoms with Gasteiger partial charge in [0.15, 0.2) is 11.0 Å². The van der Waals surface area contributed by atoms with Crippen LogP contribution in [0, 0.1) is 6.92 Å². The van der Waals surface area contributed by atoms with Crippen LogP contribution < -0.4 is 5.32 Å². The van der Waals surface area contributed by atoms with Gasteiger partial charge in [-0.2, -0.15) is 0 Å². The molecule has 0 unspecified atom stereocenters. The number of nitrogens with zero attached hydrogens (tertiary/aromatic N) is 3. The maximum absolute atomic E-state index is 4.70. The summed E-state index contributed by atoms with van der Waals surface area (Å²) in [6, 6.07) is 10.1. The SMILES string of the molecule is CCCNc1ncc(-c2ccnc(-c3ccccc3C)n2)s1. The van der Waals surface area contributed by atoms with Crippen molar-refractivity contribution in [2.45, 2.75) is 20.3 Å². The van der Waals surface area contributed by atoms with Crippen LogP contribution in [0.2, 0.25) is 0 Å². The van der Waals surface area contributed by atoms with Crippen LogP contribution in [0.15, 0.2) is 42.7 Å². The predicted octanol–water partition coefficient (Wildman–Crippen LogP) is 4.40. The molecule has 0 fully saturated rings. The lowest BCUT2D eigenvalue weighted by atomic mass is 10.1. The van der Waals surface area contributed by atoms with Gasteiger partial charge >= 0.3 is 0 Å². The zero-order valence-corrected chi connectivity index (χ0v) is 13.5. The Morgan fingerprint density at radius 1 is 1.14 bits per heavy atom. The number of aromatic nitrogens is 3. The lowest BCUT2D eigenvalue weighted by Crippen LogP contribution is -1.97. The monoisotopic (exact) mass is 310 g/mol. The minimum atomic E-state index is 0.757. The molecule has 2 aromatic heterocycles. The molecule has 3 rings (SSSR count). The molecule has 1 N–H and O–H groups in total. The van der Waals surface area contributed by atoms with Crippen molar-refractivity contribution in [3.05, 3.63) is 48.3 Å². The summed E-state index contributed by atoms with van der Waals surface area (Å²) in [7, 11) is 0. The van der Waals surface area contributed by atoms with Crippen molar-refractivity contribution in [2.75, 3.05) is 11.9 Å². The second kappa shape index (κ2) is 6.66. The standard InChI is InChI=1S/C17H18N4S/c1-3-9-19-17-20-11-15(22-17)14-8-10-18-16(21-14)13-7-5-4-6-12(13)2/h4-8,10-11H,3,9H2,1-2H3,(H,19,20). The summed E-state index contributed by atoms with van der Waals surface area (Å²) in [5.74, 6) is 0.757. The average molecular weight is 310 g/mol. The number of aryl methyl sites for hydroxylation is 1. The van der Waals surface area contributed by atoms with Crippen LogP contribution in [-0.4, -0.2) is 21.5 Å². The third kappa shape index (κ3) is 3.14. The number of thiazole rings is 1. The molecule has 0 saturated heterocycles. The Morgan fingerprint density at radius 3 is 2.82 bits per heavy atom. The summed E-state index contributed by atoms with van der Waals surface area (Å²) >= 11 is 1.62. The van der Waals surface area contributed by atoms with Crippen LogP contribution in [0.3, 0.4) is 0 Å². The number of anilines is 1. The smallest absolute Gasteiger partial charge is 0.183 e. The van der Waals surface area contributed by atoms with Crippen molar-refractivity contribution in [3.8, 4) is 22.0 Å². The van der Waals surface area contributed by atoms with E-state index >= 15 is 0 Å². The molecular formula is C17H18N4S. The molecule has 0 spiro atoms. The Balaban J connectivity index is 1.91. The first-order valence-corrected chi connectivity index (χ1v) is 8.18. The molecule has 0 saturated carbocycles. The molecule has 0 radical (unpaired) electrons. The summed E-state index contributed by atoms with van der Waals surface area (Å²) in [6.45, 7) is 5.15. The number of rotatable bonds is 5. The van der Waals surface area contributed by atoms with E-state index in [0.717, 1.165) is 40.1 Å². The highest BCUT2D eigenvalue weighted by molar-refractivity contribution is 7.18. The minimum absolute atomic E-state index is 0.757. The first-order chi connectivity index (χ1) is 10.8. The maximum Gasteiger partial charge on any atom is 0.183 e. The third-order valence-corrected chi connectivity index (χ3v) is 4.30. The Morgan fingerprint density at radius 2 is 2.00 bits per heavy atom. The number of nitrogens with one attached hydrogen (secondary N) is 1. The molecule has 22 heavy (non-hydrogen) atoms. The fraction of sp³-hybridized carbons (Fsp3) is 0.235. The van der Waals surface area contributed by atoms with Crippen LogP contribution in [0.5, 0.6) is 0 Å². The second-order valence-corrected chi connectivity index (χ2v) is 6.07. The van der Waals surface area contributed by atoms with Gasteiger partial charge in [-0.25, -0.2) is 15.0 Å². The van der Waals surface area contributed by atoms with Gasteiger partial charge in [0.25, 0.3) is 0 Å². The zero-order valence-electron chi connectivity index (χ0n) is 12.7. The molecule has 3 aromatic rings. The van der Waals surface area contributed by atoms with Gasteiger partial charge in [-0.15, -0.1) is 0 Å². The van der Waals surface area contributed by atoms with Crippen LogP contribution in [0.4, 0.5) is 5.13 Å². The molecule has 2 heterocycles. The van der Waals surface area contributed by atoms with Gasteiger partial charge < -0.3 is 5.32 Å². The zero-order chi connectivity index (χ0) is 15.4. The first-order valence-electron chi connectivity index (χ1n) is 7.37. The number of hydrogen-bond donors (Lipinski definition) is 1. The number of benzene rings is 1. The van der Waals surface area contributed by atoms with Crippen molar-refractivity contribution in [3.63, 3.8) is 0 Å². The fourth-order valence-corrected chi connectivity index (χ4v) is 2.97. The van der Waals surface area contributed by atoms with Gasteiger partial charge in [-0.3, -0.25) is 0 Å². The summed E-state index contributed by atoms with van der Waals surface area (Å²) < 4.78 is 0. The molecule has 5 heteroatoms. The van der Waals surface area contributed by atoms with Crippen molar-refractivity contribution >= 4 is 16.5 Å². The predicted molar refractivity (Wildman–Crippen MR) is 92.1 cm³/mol. The molecular weight excluding hydrogens is 292 g/mol. The minimum Gasteiger partial charge on any atom is -0.362 e. The molecule has 0 aliphatic carbocycles. The fourth-order valence-electron chi connectivity index (χ4n) is 2.16. The van der Waals surface area contributed by atoms with Crippen LogP contribution in [0.25, 0.3) is 22.0 Å². The number of hydrogen-bond acceptors (Lipinski definition) is 5. The Bertz CT molecular complexity index is 767. The maximum atomic E-state index is 4.70. The average Bonchev–Trinajstić information content (AvgIpc) is 3.02. The summed E-state index contributed by atoms with van der Waals surface area (Å²) in [5, 5.41) is 4.24. The molecule has 1 aromatic carbocycles. The van der Waals surface area contributed by atoms with E-state index in [2.05, 4.69) is 41.3 Å². The molecule has 0 bridgehead atoms. The summed E-state index contributed by atoms with van der Waals surface area (Å²) in [4.78, 5) is 14.6. The van der Waals surface area contributed by atoms with Gasteiger partial charge in [0.1, 0.15) is 0 Å². The van der Waals surface area contributed by atoms with Crippen LogP contribution in [-0.2, 0) is 0 Å². The second-order valence-electron chi connectivity index (χ2n) is 5.04. The molecule has 0 aliphatic rings. The third-order valence-electron chi connectivity index (χ3n) is 3.33. The van der Waals surface area contributed by atoms with Crippen LogP contribution >= 0.6 is 11.3 Å². The topological polar surface area (TPSA) is 50.7 Å². The molecule has 0 atom stereocenters. The molecule has 0 amide bonds. The quantitative estimate of drug-likeness (QED) is 0.759. The van der Waals surface area contributed by atoms with Crippen molar-refractivity contribution in [1.29, 1.82) is 0 Å². The van der Waals surface area contributed by atoms with Crippen LogP contribution in [0.1, 0.15) is 18.9 Å². The van der Waals surface area contributed by atoms with Gasteiger partial charge in [-0.1, -0.05) is 42.5 Å². The highest BCUT2D eigenvalue weighted by Gasteiger charge is 2.09. The molecule has 0 aliphatic heterocycles. The lowest BCUT2D eigenvalue weighted by molar-refractivity contribution is 0.976. The van der Waals surface area contributed by atoms with Gasteiger partial charge in [0.05, 0.1) is 10.6 Å². The van der Waals surface area contributed by atoms with E-state index < -0.39 is 0 Å². The lowest BCUT2D eigenvalue weighted by Gasteiger charge is -2.05. The van der Waals surface area contributed by atoms with Gasteiger partial charge in [-0.05, 0) is 25.0 Å². The summed E-state index contributed by atoms with van der Waals surface area (Å²) in [5.41, 5.74) is 3.16. The van der Waals surface area contributed by atoms with Gasteiger partial charge in [0, 0.05) is 24.5 Å². The van der Waals surface area contributed by atoms with Crippen molar-refractivity contribution in [1.82, 2.24) is 15.0 Å². The van der Waals surface area contributed by atoms with E-state index in [4.69, 9.17) is 4.98 Å². The highest BCUT2D eigenvalue weighted by atomic mass is 32.1. The van der Waals surface area contributed by atoms with E-state index in [9.17, 15) is 0 Å². The Labute approximate surface area is 134 Å². The molecule has 4 nitrogen and oxygen atoms in total. The Hall–Kier alpha value is -2.27. The van der Waals surface area contributed by atoms with Gasteiger partial charge in [0.2, 0.25) is 0 Å².